The van der Waals surface area contributed by atoms with Gasteiger partial charge >= 0.3 is 0 Å². The summed E-state index contributed by atoms with van der Waals surface area (Å²) in [6.45, 7) is 3.78. The minimum atomic E-state index is -0.120. The lowest BCUT2D eigenvalue weighted by molar-refractivity contribution is -0.122. The predicted molar refractivity (Wildman–Crippen MR) is 56.3 cm³/mol. The molecule has 2 N–H and O–H groups in total. The van der Waals surface area contributed by atoms with Gasteiger partial charge in [0.2, 0.25) is 5.91 Å². The van der Waals surface area contributed by atoms with Gasteiger partial charge in [0.25, 0.3) is 0 Å². The number of rotatable bonds is 5. The van der Waals surface area contributed by atoms with Crippen molar-refractivity contribution in [3.63, 3.8) is 0 Å². The molecule has 1 atom stereocenters. The molecule has 0 saturated heterocycles. The van der Waals surface area contributed by atoms with Crippen molar-refractivity contribution in [2.45, 2.75) is 32.7 Å². The zero-order valence-corrected chi connectivity index (χ0v) is 9.12. The van der Waals surface area contributed by atoms with Crippen LogP contribution >= 0.6 is 0 Å². The number of carbonyl (C=O) groups is 1. The number of carbonyl (C=O) groups excluding carboxylic acids is 1. The van der Waals surface area contributed by atoms with Crippen molar-refractivity contribution in [2.75, 3.05) is 6.61 Å². The topological polar surface area (TPSA) is 62.5 Å². The van der Waals surface area contributed by atoms with Crippen LogP contribution in [0.3, 0.4) is 0 Å². The first-order valence-electron chi connectivity index (χ1n) is 5.10. The summed E-state index contributed by atoms with van der Waals surface area (Å²) in [7, 11) is 0. The van der Waals surface area contributed by atoms with E-state index in [-0.39, 0.29) is 18.6 Å². The van der Waals surface area contributed by atoms with Gasteiger partial charge in [-0.2, -0.15) is 0 Å². The van der Waals surface area contributed by atoms with Crippen LogP contribution in [0.2, 0.25) is 0 Å². The van der Waals surface area contributed by atoms with E-state index in [4.69, 9.17) is 9.52 Å². The Morgan fingerprint density at radius 1 is 1.60 bits per heavy atom. The molecule has 1 aromatic heterocycles. The van der Waals surface area contributed by atoms with Gasteiger partial charge in [-0.1, -0.05) is 0 Å². The van der Waals surface area contributed by atoms with Crippen LogP contribution < -0.4 is 5.32 Å². The number of hydrogen-bond acceptors (Lipinski definition) is 3. The van der Waals surface area contributed by atoms with Crippen molar-refractivity contribution in [1.82, 2.24) is 5.32 Å². The lowest BCUT2D eigenvalue weighted by Crippen LogP contribution is -2.26. The summed E-state index contributed by atoms with van der Waals surface area (Å²) in [5, 5.41) is 11.4. The quantitative estimate of drug-likeness (QED) is 0.776. The van der Waals surface area contributed by atoms with Crippen LogP contribution in [-0.4, -0.2) is 17.6 Å². The number of amides is 1. The molecule has 0 aromatic carbocycles. The number of aliphatic hydroxyl groups excluding tert-OH is 1. The molecule has 0 aliphatic heterocycles. The summed E-state index contributed by atoms with van der Waals surface area (Å²) in [6.07, 6.45) is 0.844. The van der Waals surface area contributed by atoms with E-state index in [9.17, 15) is 4.79 Å². The Hall–Kier alpha value is -1.29. The van der Waals surface area contributed by atoms with E-state index in [0.717, 1.165) is 11.5 Å². The monoisotopic (exact) mass is 211 g/mol. The molecule has 1 aromatic rings. The molecule has 84 valence electrons. The van der Waals surface area contributed by atoms with Gasteiger partial charge in [0.05, 0.1) is 6.04 Å². The fourth-order valence-electron chi connectivity index (χ4n) is 1.31. The zero-order valence-electron chi connectivity index (χ0n) is 9.12. The largest absolute Gasteiger partial charge is 0.464 e. The fourth-order valence-corrected chi connectivity index (χ4v) is 1.31. The Labute approximate surface area is 89.3 Å². The summed E-state index contributed by atoms with van der Waals surface area (Å²) >= 11 is 0. The van der Waals surface area contributed by atoms with Gasteiger partial charge in [-0.3, -0.25) is 4.79 Å². The van der Waals surface area contributed by atoms with Crippen LogP contribution in [0.15, 0.2) is 16.5 Å². The minimum Gasteiger partial charge on any atom is -0.464 e. The van der Waals surface area contributed by atoms with Gasteiger partial charge in [-0.15, -0.1) is 0 Å². The van der Waals surface area contributed by atoms with Gasteiger partial charge in [-0.05, 0) is 32.4 Å². The van der Waals surface area contributed by atoms with Gasteiger partial charge < -0.3 is 14.8 Å². The third kappa shape index (κ3) is 3.75. The molecule has 0 bridgehead atoms. The van der Waals surface area contributed by atoms with E-state index in [1.807, 2.05) is 26.0 Å². The SMILES string of the molecule is Cc1ccc(C(C)NC(=O)CCCO)o1. The lowest BCUT2D eigenvalue weighted by atomic mass is 10.2. The predicted octanol–water partition coefficient (Wildman–Crippen LogP) is 1.54. The van der Waals surface area contributed by atoms with Crippen LogP contribution in [0.1, 0.15) is 37.3 Å². The van der Waals surface area contributed by atoms with Gasteiger partial charge in [0, 0.05) is 13.0 Å². The normalized spacial score (nSPS) is 12.5. The van der Waals surface area contributed by atoms with Crippen LogP contribution in [0.5, 0.6) is 0 Å². The van der Waals surface area contributed by atoms with E-state index in [1.165, 1.54) is 0 Å². The second kappa shape index (κ2) is 5.56. The van der Waals surface area contributed by atoms with E-state index < -0.39 is 0 Å². The highest BCUT2D eigenvalue weighted by Gasteiger charge is 2.11. The van der Waals surface area contributed by atoms with Crippen LogP contribution in [0, 0.1) is 6.92 Å². The minimum absolute atomic E-state index is 0.0433. The third-order valence-electron chi connectivity index (χ3n) is 2.13. The van der Waals surface area contributed by atoms with Crippen LogP contribution in [0.4, 0.5) is 0 Å². The third-order valence-corrected chi connectivity index (χ3v) is 2.13. The number of aryl methyl sites for hydroxylation is 1. The Morgan fingerprint density at radius 3 is 2.87 bits per heavy atom. The zero-order chi connectivity index (χ0) is 11.3. The maximum Gasteiger partial charge on any atom is 0.220 e. The van der Waals surface area contributed by atoms with E-state index in [0.29, 0.717) is 12.8 Å². The standard InChI is InChI=1S/C11H17NO3/c1-8-5-6-10(15-8)9(2)12-11(14)4-3-7-13/h5-6,9,13H,3-4,7H2,1-2H3,(H,12,14). The smallest absolute Gasteiger partial charge is 0.220 e. The number of furan rings is 1. The Kier molecular flexibility index (Phi) is 4.37. The molecule has 0 aliphatic rings. The van der Waals surface area contributed by atoms with Gasteiger partial charge in [0.15, 0.2) is 0 Å². The molecule has 1 amide bonds. The summed E-state index contributed by atoms with van der Waals surface area (Å²) < 4.78 is 5.39. The van der Waals surface area contributed by atoms with Crippen molar-refractivity contribution in [1.29, 1.82) is 0 Å². The fraction of sp³-hybridized carbons (Fsp3) is 0.545. The summed E-state index contributed by atoms with van der Waals surface area (Å²) in [5.74, 6) is 1.52. The first-order chi connectivity index (χ1) is 7.13. The maximum atomic E-state index is 11.3. The molecule has 0 radical (unpaired) electrons. The van der Waals surface area contributed by atoms with Crippen molar-refractivity contribution in [3.05, 3.63) is 23.7 Å². The Morgan fingerprint density at radius 2 is 2.33 bits per heavy atom. The molecular formula is C11H17NO3. The molecule has 0 spiro atoms. The number of nitrogens with one attached hydrogen (secondary N) is 1. The molecule has 1 rings (SSSR count). The van der Waals surface area contributed by atoms with E-state index in [2.05, 4.69) is 5.32 Å². The van der Waals surface area contributed by atoms with Gasteiger partial charge in [-0.25, -0.2) is 0 Å². The second-order valence-corrected chi connectivity index (χ2v) is 3.56. The second-order valence-electron chi connectivity index (χ2n) is 3.56. The molecule has 4 heteroatoms. The van der Waals surface area contributed by atoms with Crippen molar-refractivity contribution >= 4 is 5.91 Å². The van der Waals surface area contributed by atoms with Crippen molar-refractivity contribution in [3.8, 4) is 0 Å². The molecule has 15 heavy (non-hydrogen) atoms. The summed E-state index contributed by atoms with van der Waals surface area (Å²) in [6, 6.07) is 3.60. The molecule has 0 saturated carbocycles. The highest BCUT2D eigenvalue weighted by Crippen LogP contribution is 2.15. The number of hydrogen-bond donors (Lipinski definition) is 2. The Balaban J connectivity index is 2.41. The van der Waals surface area contributed by atoms with Crippen LogP contribution in [-0.2, 0) is 4.79 Å². The summed E-state index contributed by atoms with van der Waals surface area (Å²) in [5.41, 5.74) is 0. The molecule has 4 nitrogen and oxygen atoms in total. The number of aliphatic hydroxyl groups is 1. The van der Waals surface area contributed by atoms with E-state index in [1.54, 1.807) is 0 Å². The van der Waals surface area contributed by atoms with Crippen molar-refractivity contribution < 1.29 is 14.3 Å². The highest BCUT2D eigenvalue weighted by molar-refractivity contribution is 5.76. The molecule has 0 aliphatic carbocycles. The van der Waals surface area contributed by atoms with Crippen molar-refractivity contribution in [2.24, 2.45) is 0 Å². The first kappa shape index (κ1) is 11.8. The van der Waals surface area contributed by atoms with E-state index >= 15 is 0 Å². The summed E-state index contributed by atoms with van der Waals surface area (Å²) in [4.78, 5) is 11.3. The average molecular weight is 211 g/mol. The van der Waals surface area contributed by atoms with Crippen LogP contribution in [0.25, 0.3) is 0 Å². The van der Waals surface area contributed by atoms with Gasteiger partial charge in [0.1, 0.15) is 11.5 Å². The molecule has 1 heterocycles. The Bertz CT molecular complexity index is 319. The molecule has 0 fully saturated rings. The molecular weight excluding hydrogens is 194 g/mol. The average Bonchev–Trinajstić information content (AvgIpc) is 2.61. The lowest BCUT2D eigenvalue weighted by Gasteiger charge is -2.10. The maximum absolute atomic E-state index is 11.3. The molecule has 1 unspecified atom stereocenters. The highest BCUT2D eigenvalue weighted by atomic mass is 16.3. The first-order valence-corrected chi connectivity index (χ1v) is 5.10.